The summed E-state index contributed by atoms with van der Waals surface area (Å²) in [5.74, 6) is -0.0970. The summed E-state index contributed by atoms with van der Waals surface area (Å²) in [6.07, 6.45) is -3.48. The fraction of sp³-hybridized carbons (Fsp3) is 0.391. The predicted octanol–water partition coefficient (Wildman–Crippen LogP) is 3.48. The van der Waals surface area contributed by atoms with Gasteiger partial charge < -0.3 is 24.5 Å². The standard InChI is InChI=1S/C23H22F3N3O4/c24-23(25,26)16-5-6-18-19(11-16)28-21(27-18)33-17-7-9-29(10-8-17)20(30)14-1-3-15(4-2-14)22(31)12-32-13-22/h1-6,11,17,31H,7-10,12-13H2,(H,27,28). The maximum Gasteiger partial charge on any atom is 0.416 e. The van der Waals surface area contributed by atoms with Crippen molar-refractivity contribution < 1.29 is 32.5 Å². The van der Waals surface area contributed by atoms with Crippen molar-refractivity contribution in [1.29, 1.82) is 0 Å². The first-order valence-corrected chi connectivity index (χ1v) is 10.6. The Morgan fingerprint density at radius 2 is 1.85 bits per heavy atom. The van der Waals surface area contributed by atoms with Gasteiger partial charge in [-0.05, 0) is 35.9 Å². The molecule has 0 spiro atoms. The molecule has 2 aromatic carbocycles. The Hall–Kier alpha value is -3.11. The number of rotatable bonds is 4. The molecule has 2 N–H and O–H groups in total. The number of halogens is 3. The van der Waals surface area contributed by atoms with Crippen LogP contribution in [0.5, 0.6) is 6.01 Å². The van der Waals surface area contributed by atoms with Crippen LogP contribution in [-0.4, -0.2) is 58.3 Å². The highest BCUT2D eigenvalue weighted by Gasteiger charge is 2.38. The normalized spacial score (nSPS) is 18.8. The molecule has 2 aliphatic rings. The van der Waals surface area contributed by atoms with E-state index in [1.54, 1.807) is 29.2 Å². The number of benzene rings is 2. The predicted molar refractivity (Wildman–Crippen MR) is 112 cm³/mol. The number of alkyl halides is 3. The van der Waals surface area contributed by atoms with E-state index in [4.69, 9.17) is 9.47 Å². The van der Waals surface area contributed by atoms with Gasteiger partial charge in [-0.2, -0.15) is 18.2 Å². The molecular weight excluding hydrogens is 439 g/mol. The molecule has 2 fully saturated rings. The van der Waals surface area contributed by atoms with E-state index in [2.05, 4.69) is 9.97 Å². The number of aromatic nitrogens is 2. The maximum absolute atomic E-state index is 12.9. The van der Waals surface area contributed by atoms with Crippen molar-refractivity contribution in [2.24, 2.45) is 0 Å². The van der Waals surface area contributed by atoms with Crippen LogP contribution in [0.15, 0.2) is 42.5 Å². The Kier molecular flexibility index (Phi) is 5.29. The SMILES string of the molecule is O=C(c1ccc(C2(O)COC2)cc1)N1CCC(Oc2nc3ccc(C(F)(F)F)cc3[nH]2)CC1. The summed E-state index contributed by atoms with van der Waals surface area (Å²) < 4.78 is 49.6. The summed E-state index contributed by atoms with van der Waals surface area (Å²) in [6, 6.07) is 10.4. The number of aromatic amines is 1. The van der Waals surface area contributed by atoms with Crippen molar-refractivity contribution in [2.75, 3.05) is 26.3 Å². The Morgan fingerprint density at radius 3 is 2.45 bits per heavy atom. The van der Waals surface area contributed by atoms with E-state index in [1.165, 1.54) is 6.07 Å². The molecule has 1 aromatic heterocycles. The number of likely N-dealkylation sites (tertiary alicyclic amines) is 1. The first-order valence-electron chi connectivity index (χ1n) is 10.6. The van der Waals surface area contributed by atoms with E-state index in [-0.39, 0.29) is 36.8 Å². The summed E-state index contributed by atoms with van der Waals surface area (Å²) in [5, 5.41) is 10.3. The molecular formula is C23H22F3N3O4. The number of hydrogen-bond acceptors (Lipinski definition) is 5. The van der Waals surface area contributed by atoms with Gasteiger partial charge >= 0.3 is 6.18 Å². The van der Waals surface area contributed by atoms with Gasteiger partial charge in [-0.25, -0.2) is 0 Å². The van der Waals surface area contributed by atoms with Gasteiger partial charge in [0.15, 0.2) is 0 Å². The van der Waals surface area contributed by atoms with Crippen molar-refractivity contribution in [3.05, 3.63) is 59.2 Å². The van der Waals surface area contributed by atoms with Crippen LogP contribution in [0.25, 0.3) is 11.0 Å². The third-order valence-corrected chi connectivity index (χ3v) is 6.15. The highest BCUT2D eigenvalue weighted by molar-refractivity contribution is 5.94. The zero-order valence-electron chi connectivity index (χ0n) is 17.6. The summed E-state index contributed by atoms with van der Waals surface area (Å²) in [7, 11) is 0. The summed E-state index contributed by atoms with van der Waals surface area (Å²) in [6.45, 7) is 1.48. The fourth-order valence-electron chi connectivity index (χ4n) is 4.12. The minimum absolute atomic E-state index is 0.0970. The molecule has 10 heteroatoms. The molecule has 33 heavy (non-hydrogen) atoms. The third kappa shape index (κ3) is 4.28. The molecule has 0 bridgehead atoms. The van der Waals surface area contributed by atoms with Gasteiger partial charge in [0, 0.05) is 31.5 Å². The third-order valence-electron chi connectivity index (χ3n) is 6.15. The number of nitrogens with zero attached hydrogens (tertiary/aromatic N) is 2. The molecule has 2 saturated heterocycles. The molecule has 2 aliphatic heterocycles. The molecule has 3 aromatic rings. The van der Waals surface area contributed by atoms with E-state index in [0.717, 1.165) is 17.7 Å². The number of carbonyl (C=O) groups excluding carboxylic acids is 1. The minimum Gasteiger partial charge on any atom is -0.461 e. The van der Waals surface area contributed by atoms with Crippen molar-refractivity contribution >= 4 is 16.9 Å². The first kappa shape index (κ1) is 21.7. The number of nitrogens with one attached hydrogen (secondary N) is 1. The number of H-pyrrole nitrogens is 1. The average Bonchev–Trinajstić information content (AvgIpc) is 3.18. The van der Waals surface area contributed by atoms with Crippen LogP contribution in [0.3, 0.4) is 0 Å². The van der Waals surface area contributed by atoms with Crippen LogP contribution < -0.4 is 4.74 Å². The number of amides is 1. The second-order valence-electron chi connectivity index (χ2n) is 8.48. The number of imidazole rings is 1. The lowest BCUT2D eigenvalue weighted by Gasteiger charge is -2.36. The lowest BCUT2D eigenvalue weighted by atomic mass is 9.91. The number of piperidine rings is 1. The van der Waals surface area contributed by atoms with Gasteiger partial charge in [-0.1, -0.05) is 12.1 Å². The number of ether oxygens (including phenoxy) is 2. The van der Waals surface area contributed by atoms with Crippen LogP contribution >= 0.6 is 0 Å². The molecule has 0 atom stereocenters. The van der Waals surface area contributed by atoms with Crippen LogP contribution in [0.2, 0.25) is 0 Å². The van der Waals surface area contributed by atoms with E-state index in [9.17, 15) is 23.1 Å². The lowest BCUT2D eigenvalue weighted by Crippen LogP contribution is -2.46. The van der Waals surface area contributed by atoms with E-state index in [1.807, 2.05) is 0 Å². The summed E-state index contributed by atoms with van der Waals surface area (Å²) in [4.78, 5) is 21.6. The monoisotopic (exact) mass is 461 g/mol. The van der Waals surface area contributed by atoms with Crippen molar-refractivity contribution in [3.63, 3.8) is 0 Å². The van der Waals surface area contributed by atoms with Gasteiger partial charge in [0.1, 0.15) is 11.7 Å². The second-order valence-corrected chi connectivity index (χ2v) is 8.48. The highest BCUT2D eigenvalue weighted by atomic mass is 19.4. The summed E-state index contributed by atoms with van der Waals surface area (Å²) in [5.41, 5.74) is 0.203. The molecule has 5 rings (SSSR count). The Balaban J connectivity index is 1.18. The van der Waals surface area contributed by atoms with Crippen LogP contribution in [-0.2, 0) is 16.5 Å². The van der Waals surface area contributed by atoms with Crippen molar-refractivity contribution in [1.82, 2.24) is 14.9 Å². The smallest absolute Gasteiger partial charge is 0.416 e. The van der Waals surface area contributed by atoms with Gasteiger partial charge in [-0.3, -0.25) is 4.79 Å². The van der Waals surface area contributed by atoms with Gasteiger partial charge in [0.2, 0.25) is 0 Å². The van der Waals surface area contributed by atoms with Crippen molar-refractivity contribution in [2.45, 2.75) is 30.7 Å². The Labute approximate surface area is 187 Å². The highest BCUT2D eigenvalue weighted by Crippen LogP contribution is 2.32. The number of aliphatic hydroxyl groups is 1. The lowest BCUT2D eigenvalue weighted by molar-refractivity contribution is -0.184. The number of hydrogen-bond donors (Lipinski definition) is 2. The van der Waals surface area contributed by atoms with Crippen LogP contribution in [0.1, 0.15) is 34.3 Å². The molecule has 0 saturated carbocycles. The van der Waals surface area contributed by atoms with Crippen molar-refractivity contribution in [3.8, 4) is 6.01 Å². The maximum atomic E-state index is 12.9. The fourth-order valence-corrected chi connectivity index (χ4v) is 4.12. The average molecular weight is 461 g/mol. The van der Waals surface area contributed by atoms with E-state index >= 15 is 0 Å². The van der Waals surface area contributed by atoms with Gasteiger partial charge in [-0.15, -0.1) is 0 Å². The van der Waals surface area contributed by atoms with Crippen LogP contribution in [0.4, 0.5) is 13.2 Å². The van der Waals surface area contributed by atoms with Gasteiger partial charge in [0.05, 0.1) is 29.8 Å². The minimum atomic E-state index is -4.43. The molecule has 0 unspecified atom stereocenters. The first-order chi connectivity index (χ1) is 15.7. The molecule has 0 radical (unpaired) electrons. The number of carbonyl (C=O) groups is 1. The second kappa shape index (κ2) is 8.03. The molecule has 1 amide bonds. The summed E-state index contributed by atoms with van der Waals surface area (Å²) >= 11 is 0. The van der Waals surface area contributed by atoms with Crippen LogP contribution in [0, 0.1) is 0 Å². The number of fused-ring (bicyclic) bond motifs is 1. The molecule has 0 aliphatic carbocycles. The Bertz CT molecular complexity index is 1160. The largest absolute Gasteiger partial charge is 0.461 e. The molecule has 7 nitrogen and oxygen atoms in total. The molecule has 3 heterocycles. The van der Waals surface area contributed by atoms with E-state index < -0.39 is 17.3 Å². The van der Waals surface area contributed by atoms with Gasteiger partial charge in [0.25, 0.3) is 11.9 Å². The molecule has 174 valence electrons. The zero-order chi connectivity index (χ0) is 23.2. The van der Waals surface area contributed by atoms with E-state index in [0.29, 0.717) is 37.0 Å². The quantitative estimate of drug-likeness (QED) is 0.621. The topological polar surface area (TPSA) is 87.7 Å². The Morgan fingerprint density at radius 1 is 1.15 bits per heavy atom. The zero-order valence-corrected chi connectivity index (χ0v) is 17.6.